The summed E-state index contributed by atoms with van der Waals surface area (Å²) in [6.07, 6.45) is 5.36. The molecule has 0 amide bonds. The first-order valence-corrected chi connectivity index (χ1v) is 8.48. The van der Waals surface area contributed by atoms with Gasteiger partial charge in [-0.25, -0.2) is 0 Å². The van der Waals surface area contributed by atoms with E-state index in [0.29, 0.717) is 17.7 Å². The maximum atomic E-state index is 11.4. The molecule has 3 nitrogen and oxygen atoms in total. The maximum absolute atomic E-state index is 11.4. The van der Waals surface area contributed by atoms with Gasteiger partial charge in [-0.2, -0.15) is 11.8 Å². The predicted octanol–water partition coefficient (Wildman–Crippen LogP) is 3.23. The summed E-state index contributed by atoms with van der Waals surface area (Å²) < 4.78 is 4.78. The van der Waals surface area contributed by atoms with Crippen molar-refractivity contribution >= 4 is 17.7 Å². The molecule has 0 radical (unpaired) electrons. The van der Waals surface area contributed by atoms with Gasteiger partial charge in [0.05, 0.1) is 13.5 Å². The third kappa shape index (κ3) is 6.66. The van der Waals surface area contributed by atoms with E-state index in [2.05, 4.69) is 26.1 Å². The van der Waals surface area contributed by atoms with Crippen LogP contribution >= 0.6 is 11.8 Å². The Balaban J connectivity index is 2.19. The number of thioether (sulfide) groups is 1. The molecule has 2 unspecified atom stereocenters. The Kier molecular flexibility index (Phi) is 7.22. The molecule has 0 heterocycles. The van der Waals surface area contributed by atoms with Crippen molar-refractivity contribution in [2.45, 2.75) is 64.2 Å². The molecule has 0 aromatic rings. The summed E-state index contributed by atoms with van der Waals surface area (Å²) >= 11 is 2.01. The smallest absolute Gasteiger partial charge is 0.306 e. The molecule has 0 aliphatic heterocycles. The molecular weight excluding hydrogens is 258 g/mol. The molecular formula is C15H29NO2S. The van der Waals surface area contributed by atoms with Gasteiger partial charge in [0.15, 0.2) is 0 Å². The molecule has 1 aliphatic rings. The van der Waals surface area contributed by atoms with Crippen LogP contribution in [0.1, 0.15) is 52.9 Å². The fourth-order valence-electron chi connectivity index (χ4n) is 2.29. The van der Waals surface area contributed by atoms with Gasteiger partial charge in [0.2, 0.25) is 0 Å². The van der Waals surface area contributed by atoms with Crippen LogP contribution in [0.5, 0.6) is 0 Å². The lowest BCUT2D eigenvalue weighted by Crippen LogP contribution is -2.29. The van der Waals surface area contributed by atoms with Crippen molar-refractivity contribution in [3.63, 3.8) is 0 Å². The summed E-state index contributed by atoms with van der Waals surface area (Å²) in [5.74, 6) is 1.05. The first-order valence-electron chi connectivity index (χ1n) is 7.43. The van der Waals surface area contributed by atoms with Crippen LogP contribution in [0.3, 0.4) is 0 Å². The number of methoxy groups -OCH3 is 1. The highest BCUT2D eigenvalue weighted by Crippen LogP contribution is 2.51. The van der Waals surface area contributed by atoms with E-state index in [9.17, 15) is 4.79 Å². The highest BCUT2D eigenvalue weighted by Gasteiger charge is 2.44. The molecule has 1 N–H and O–H groups in total. The molecule has 0 spiro atoms. The van der Waals surface area contributed by atoms with Gasteiger partial charge in [-0.05, 0) is 50.3 Å². The number of carbonyl (C=O) groups excluding carboxylic acids is 1. The molecule has 0 bridgehead atoms. The largest absolute Gasteiger partial charge is 0.469 e. The molecule has 0 saturated heterocycles. The Labute approximate surface area is 122 Å². The maximum Gasteiger partial charge on any atom is 0.306 e. The third-order valence-corrected chi connectivity index (χ3v) is 5.35. The Morgan fingerprint density at radius 3 is 2.63 bits per heavy atom. The average Bonchev–Trinajstić information content (AvgIpc) is 3.14. The second kappa shape index (κ2) is 8.15. The molecule has 1 rings (SSSR count). The van der Waals surface area contributed by atoms with Crippen molar-refractivity contribution in [2.24, 2.45) is 5.41 Å². The van der Waals surface area contributed by atoms with Crippen molar-refractivity contribution in [2.75, 3.05) is 19.4 Å². The zero-order valence-corrected chi connectivity index (χ0v) is 13.6. The van der Waals surface area contributed by atoms with Gasteiger partial charge < -0.3 is 10.1 Å². The van der Waals surface area contributed by atoms with Crippen molar-refractivity contribution in [3.05, 3.63) is 0 Å². The van der Waals surface area contributed by atoms with Gasteiger partial charge >= 0.3 is 5.97 Å². The number of esters is 1. The van der Waals surface area contributed by atoms with Crippen LogP contribution in [-0.4, -0.2) is 36.7 Å². The molecule has 1 aliphatic carbocycles. The van der Waals surface area contributed by atoms with Gasteiger partial charge in [0.25, 0.3) is 0 Å². The molecule has 1 saturated carbocycles. The Bertz CT molecular complexity index is 279. The second-order valence-corrected chi connectivity index (χ2v) is 7.39. The van der Waals surface area contributed by atoms with E-state index in [-0.39, 0.29) is 11.4 Å². The van der Waals surface area contributed by atoms with E-state index in [1.807, 2.05) is 11.8 Å². The lowest BCUT2D eigenvalue weighted by molar-refractivity contribution is -0.141. The fourth-order valence-corrected chi connectivity index (χ4v) is 3.74. The molecule has 0 aromatic carbocycles. The summed E-state index contributed by atoms with van der Waals surface area (Å²) in [4.78, 5) is 11.4. The fraction of sp³-hybridized carbons (Fsp3) is 0.933. The van der Waals surface area contributed by atoms with Crippen molar-refractivity contribution in [3.8, 4) is 0 Å². The molecule has 112 valence electrons. The number of rotatable bonds is 10. The number of hydrogen-bond donors (Lipinski definition) is 1. The topological polar surface area (TPSA) is 38.3 Å². The van der Waals surface area contributed by atoms with Crippen LogP contribution in [0.4, 0.5) is 0 Å². The SMILES string of the molecule is CCCNC(C)CC(C)SCC1(CC(=O)OC)CC1. The van der Waals surface area contributed by atoms with Crippen LogP contribution in [0, 0.1) is 5.41 Å². The summed E-state index contributed by atoms with van der Waals surface area (Å²) in [7, 11) is 1.48. The second-order valence-electron chi connectivity index (χ2n) is 5.97. The van der Waals surface area contributed by atoms with Gasteiger partial charge in [0.1, 0.15) is 0 Å². The average molecular weight is 287 g/mol. The van der Waals surface area contributed by atoms with Crippen molar-refractivity contribution < 1.29 is 9.53 Å². The number of hydrogen-bond acceptors (Lipinski definition) is 4. The van der Waals surface area contributed by atoms with E-state index in [1.54, 1.807) is 0 Å². The van der Waals surface area contributed by atoms with Crippen LogP contribution < -0.4 is 5.32 Å². The Hall–Kier alpha value is -0.220. The monoisotopic (exact) mass is 287 g/mol. The van der Waals surface area contributed by atoms with Crippen LogP contribution in [-0.2, 0) is 9.53 Å². The van der Waals surface area contributed by atoms with E-state index >= 15 is 0 Å². The lowest BCUT2D eigenvalue weighted by Gasteiger charge is -2.20. The quantitative estimate of drug-likeness (QED) is 0.626. The van der Waals surface area contributed by atoms with Crippen molar-refractivity contribution in [1.82, 2.24) is 5.32 Å². The van der Waals surface area contributed by atoms with Crippen LogP contribution in [0.2, 0.25) is 0 Å². The van der Waals surface area contributed by atoms with Gasteiger partial charge in [-0.15, -0.1) is 0 Å². The third-order valence-electron chi connectivity index (χ3n) is 3.81. The molecule has 1 fully saturated rings. The summed E-state index contributed by atoms with van der Waals surface area (Å²) in [6, 6.07) is 0.582. The molecule has 19 heavy (non-hydrogen) atoms. The van der Waals surface area contributed by atoms with E-state index < -0.39 is 0 Å². The summed E-state index contributed by atoms with van der Waals surface area (Å²) in [6.45, 7) is 7.85. The first-order chi connectivity index (χ1) is 9.01. The predicted molar refractivity (Wildman–Crippen MR) is 82.6 cm³/mol. The highest BCUT2D eigenvalue weighted by molar-refractivity contribution is 7.99. The zero-order valence-electron chi connectivity index (χ0n) is 12.8. The molecule has 0 aromatic heterocycles. The van der Waals surface area contributed by atoms with E-state index in [4.69, 9.17) is 4.74 Å². The zero-order chi connectivity index (χ0) is 14.3. The highest BCUT2D eigenvalue weighted by atomic mass is 32.2. The molecule has 2 atom stereocenters. The summed E-state index contributed by atoms with van der Waals surface area (Å²) in [5.41, 5.74) is 0.256. The number of carbonyl (C=O) groups is 1. The van der Waals surface area contributed by atoms with Gasteiger partial charge in [-0.1, -0.05) is 13.8 Å². The van der Waals surface area contributed by atoms with E-state index in [0.717, 1.165) is 12.3 Å². The van der Waals surface area contributed by atoms with E-state index in [1.165, 1.54) is 32.8 Å². The standard InChI is InChI=1S/C15H29NO2S/c1-5-8-16-12(2)9-13(3)19-11-15(6-7-15)10-14(17)18-4/h12-13,16H,5-11H2,1-4H3. The minimum atomic E-state index is -0.0521. The van der Waals surface area contributed by atoms with Crippen molar-refractivity contribution in [1.29, 1.82) is 0 Å². The van der Waals surface area contributed by atoms with Crippen LogP contribution in [0.25, 0.3) is 0 Å². The minimum absolute atomic E-state index is 0.0521. The lowest BCUT2D eigenvalue weighted by atomic mass is 10.1. The first kappa shape index (κ1) is 16.8. The summed E-state index contributed by atoms with van der Waals surface area (Å²) in [5, 5.41) is 4.18. The Morgan fingerprint density at radius 1 is 1.42 bits per heavy atom. The minimum Gasteiger partial charge on any atom is -0.469 e. The van der Waals surface area contributed by atoms with Gasteiger partial charge in [0, 0.05) is 11.3 Å². The number of ether oxygens (including phenoxy) is 1. The normalized spacial score (nSPS) is 19.8. The number of nitrogens with one attached hydrogen (secondary N) is 1. The van der Waals surface area contributed by atoms with Crippen LogP contribution in [0.15, 0.2) is 0 Å². The molecule has 4 heteroatoms. The Morgan fingerprint density at radius 2 is 2.11 bits per heavy atom. The van der Waals surface area contributed by atoms with Gasteiger partial charge in [-0.3, -0.25) is 4.79 Å².